The van der Waals surface area contributed by atoms with Crippen molar-refractivity contribution < 1.29 is 19.4 Å². The highest BCUT2D eigenvalue weighted by Crippen LogP contribution is 2.31. The number of ether oxygens (including phenoxy) is 1. The molecule has 20 heavy (non-hydrogen) atoms. The van der Waals surface area contributed by atoms with Crippen molar-refractivity contribution in [3.63, 3.8) is 0 Å². The third kappa shape index (κ3) is 3.96. The standard InChI is InChI=1S/C14H24N2O4/c1-4-7-15(10-11-20-3)13(19)16-8-5-14(2,6-9-16)12(17)18/h4H,1,5-11H2,2-3H3,(H,17,18). The van der Waals surface area contributed by atoms with Gasteiger partial charge in [-0.2, -0.15) is 0 Å². The fourth-order valence-electron chi connectivity index (χ4n) is 2.23. The van der Waals surface area contributed by atoms with Crippen LogP contribution in [0.15, 0.2) is 12.7 Å². The van der Waals surface area contributed by atoms with E-state index in [1.165, 1.54) is 0 Å². The van der Waals surface area contributed by atoms with Crippen LogP contribution in [0.5, 0.6) is 0 Å². The van der Waals surface area contributed by atoms with Crippen molar-refractivity contribution in [2.45, 2.75) is 19.8 Å². The molecule has 1 N–H and O–H groups in total. The summed E-state index contributed by atoms with van der Waals surface area (Å²) < 4.78 is 5.00. The second-order valence-corrected chi connectivity index (χ2v) is 5.36. The molecule has 0 unspecified atom stereocenters. The zero-order valence-corrected chi connectivity index (χ0v) is 12.3. The van der Waals surface area contributed by atoms with Gasteiger partial charge < -0.3 is 19.6 Å². The fraction of sp³-hybridized carbons (Fsp3) is 0.714. The van der Waals surface area contributed by atoms with E-state index in [9.17, 15) is 14.7 Å². The summed E-state index contributed by atoms with van der Waals surface area (Å²) in [5.74, 6) is -0.785. The van der Waals surface area contributed by atoms with E-state index in [4.69, 9.17) is 4.74 Å². The van der Waals surface area contributed by atoms with Crippen LogP contribution in [0.1, 0.15) is 19.8 Å². The number of hydrogen-bond donors (Lipinski definition) is 1. The number of aliphatic carboxylic acids is 1. The van der Waals surface area contributed by atoms with Crippen molar-refractivity contribution in [1.29, 1.82) is 0 Å². The molecule has 0 radical (unpaired) electrons. The molecule has 1 rings (SSSR count). The molecule has 0 aromatic rings. The Labute approximate surface area is 120 Å². The lowest BCUT2D eigenvalue weighted by Gasteiger charge is -2.38. The Morgan fingerprint density at radius 3 is 2.50 bits per heavy atom. The van der Waals surface area contributed by atoms with Gasteiger partial charge in [0, 0.05) is 33.3 Å². The minimum atomic E-state index is -0.785. The molecule has 0 atom stereocenters. The van der Waals surface area contributed by atoms with Gasteiger partial charge in [-0.3, -0.25) is 4.79 Å². The third-order valence-electron chi connectivity index (χ3n) is 3.84. The Bertz CT molecular complexity index is 362. The van der Waals surface area contributed by atoms with E-state index in [0.29, 0.717) is 45.6 Å². The van der Waals surface area contributed by atoms with E-state index < -0.39 is 11.4 Å². The summed E-state index contributed by atoms with van der Waals surface area (Å²) in [6, 6.07) is -0.0746. The largest absolute Gasteiger partial charge is 0.481 e. The molecule has 1 aliphatic rings. The molecule has 1 saturated heterocycles. The Balaban J connectivity index is 2.59. The molecule has 1 aliphatic heterocycles. The summed E-state index contributed by atoms with van der Waals surface area (Å²) in [6.07, 6.45) is 2.65. The minimum Gasteiger partial charge on any atom is -0.481 e. The third-order valence-corrected chi connectivity index (χ3v) is 3.84. The number of carboxylic acid groups (broad SMARTS) is 1. The average Bonchev–Trinajstić information content (AvgIpc) is 2.43. The molecule has 1 heterocycles. The summed E-state index contributed by atoms with van der Waals surface area (Å²) in [5, 5.41) is 9.19. The van der Waals surface area contributed by atoms with Gasteiger partial charge in [-0.05, 0) is 19.8 Å². The quantitative estimate of drug-likeness (QED) is 0.749. The Morgan fingerprint density at radius 1 is 1.45 bits per heavy atom. The van der Waals surface area contributed by atoms with Gasteiger partial charge in [0.05, 0.1) is 12.0 Å². The molecule has 0 aromatic heterocycles. The van der Waals surface area contributed by atoms with E-state index >= 15 is 0 Å². The second-order valence-electron chi connectivity index (χ2n) is 5.36. The van der Waals surface area contributed by atoms with Crippen LogP contribution in [0.2, 0.25) is 0 Å². The average molecular weight is 284 g/mol. The number of carbonyl (C=O) groups is 2. The van der Waals surface area contributed by atoms with Crippen LogP contribution in [-0.4, -0.2) is 66.8 Å². The van der Waals surface area contributed by atoms with Crippen LogP contribution in [0.4, 0.5) is 4.79 Å². The molecule has 0 aliphatic carbocycles. The van der Waals surface area contributed by atoms with Crippen LogP contribution in [0.25, 0.3) is 0 Å². The molecule has 114 valence electrons. The smallest absolute Gasteiger partial charge is 0.320 e. The van der Waals surface area contributed by atoms with Gasteiger partial charge in [0.15, 0.2) is 0 Å². The highest BCUT2D eigenvalue weighted by molar-refractivity contribution is 5.77. The number of carboxylic acids is 1. The highest BCUT2D eigenvalue weighted by Gasteiger charge is 2.38. The maximum absolute atomic E-state index is 12.4. The number of rotatable bonds is 6. The fourth-order valence-corrected chi connectivity index (χ4v) is 2.23. The minimum absolute atomic E-state index is 0.0746. The van der Waals surface area contributed by atoms with Crippen molar-refractivity contribution in [3.05, 3.63) is 12.7 Å². The maximum Gasteiger partial charge on any atom is 0.320 e. The van der Waals surface area contributed by atoms with Crippen molar-refractivity contribution in [1.82, 2.24) is 9.80 Å². The van der Waals surface area contributed by atoms with Crippen LogP contribution < -0.4 is 0 Å². The monoisotopic (exact) mass is 284 g/mol. The van der Waals surface area contributed by atoms with Crippen LogP contribution in [0.3, 0.4) is 0 Å². The zero-order chi connectivity index (χ0) is 15.2. The van der Waals surface area contributed by atoms with Crippen LogP contribution in [-0.2, 0) is 9.53 Å². The normalized spacial score (nSPS) is 17.6. The van der Waals surface area contributed by atoms with E-state index in [0.717, 1.165) is 0 Å². The molecule has 1 fully saturated rings. The molecule has 0 bridgehead atoms. The number of likely N-dealkylation sites (tertiary alicyclic amines) is 1. The lowest BCUT2D eigenvalue weighted by atomic mass is 9.80. The van der Waals surface area contributed by atoms with Gasteiger partial charge in [-0.15, -0.1) is 6.58 Å². The molecule has 0 spiro atoms. The SMILES string of the molecule is C=CCN(CCOC)C(=O)N1CCC(C)(C(=O)O)CC1. The summed E-state index contributed by atoms with van der Waals surface area (Å²) in [6.45, 7) is 7.79. The van der Waals surface area contributed by atoms with Crippen molar-refractivity contribution in [2.24, 2.45) is 5.41 Å². The number of urea groups is 1. The van der Waals surface area contributed by atoms with E-state index in [1.54, 1.807) is 29.9 Å². The number of carbonyl (C=O) groups excluding carboxylic acids is 1. The maximum atomic E-state index is 12.4. The summed E-state index contributed by atoms with van der Waals surface area (Å²) in [4.78, 5) is 26.9. The molecule has 0 saturated carbocycles. The molecular formula is C14H24N2O4. The molecular weight excluding hydrogens is 260 g/mol. The number of hydrogen-bond acceptors (Lipinski definition) is 3. The number of amides is 2. The summed E-state index contributed by atoms with van der Waals surface area (Å²) >= 11 is 0. The van der Waals surface area contributed by atoms with Crippen molar-refractivity contribution in [2.75, 3.05) is 39.9 Å². The number of nitrogens with zero attached hydrogens (tertiary/aromatic N) is 2. The first-order valence-electron chi connectivity index (χ1n) is 6.81. The second kappa shape index (κ2) is 7.28. The first-order chi connectivity index (χ1) is 9.44. The predicted octanol–water partition coefficient (Wildman–Crippen LogP) is 1.43. The van der Waals surface area contributed by atoms with E-state index in [2.05, 4.69) is 6.58 Å². The van der Waals surface area contributed by atoms with Gasteiger partial charge in [0.25, 0.3) is 0 Å². The summed E-state index contributed by atoms with van der Waals surface area (Å²) in [5.41, 5.74) is -0.716. The lowest BCUT2D eigenvalue weighted by molar-refractivity contribution is -0.150. The molecule has 0 aromatic carbocycles. The van der Waals surface area contributed by atoms with Crippen LogP contribution >= 0.6 is 0 Å². The predicted molar refractivity (Wildman–Crippen MR) is 75.6 cm³/mol. The van der Waals surface area contributed by atoms with Gasteiger partial charge in [-0.25, -0.2) is 4.79 Å². The van der Waals surface area contributed by atoms with Gasteiger partial charge in [0.1, 0.15) is 0 Å². The van der Waals surface area contributed by atoms with E-state index in [1.807, 2.05) is 0 Å². The Morgan fingerprint density at radius 2 is 2.05 bits per heavy atom. The van der Waals surface area contributed by atoms with Gasteiger partial charge in [0.2, 0.25) is 0 Å². The zero-order valence-electron chi connectivity index (χ0n) is 12.3. The topological polar surface area (TPSA) is 70.1 Å². The van der Waals surface area contributed by atoms with Crippen molar-refractivity contribution in [3.8, 4) is 0 Å². The molecule has 2 amide bonds. The van der Waals surface area contributed by atoms with Crippen molar-refractivity contribution >= 4 is 12.0 Å². The van der Waals surface area contributed by atoms with E-state index in [-0.39, 0.29) is 6.03 Å². The van der Waals surface area contributed by atoms with Gasteiger partial charge in [-0.1, -0.05) is 6.08 Å². The molecule has 6 nitrogen and oxygen atoms in total. The van der Waals surface area contributed by atoms with Crippen LogP contribution in [0, 0.1) is 5.41 Å². The number of piperidine rings is 1. The number of methoxy groups -OCH3 is 1. The summed E-state index contributed by atoms with van der Waals surface area (Å²) in [7, 11) is 1.59. The lowest BCUT2D eigenvalue weighted by Crippen LogP contribution is -2.50. The highest BCUT2D eigenvalue weighted by atomic mass is 16.5. The Hall–Kier alpha value is -1.56. The molecule has 6 heteroatoms. The Kier molecular flexibility index (Phi) is 6.01. The first kappa shape index (κ1) is 16.5. The van der Waals surface area contributed by atoms with Gasteiger partial charge >= 0.3 is 12.0 Å². The first-order valence-corrected chi connectivity index (χ1v) is 6.81.